The van der Waals surface area contributed by atoms with Crippen molar-refractivity contribution >= 4 is 0 Å². The van der Waals surface area contributed by atoms with Gasteiger partial charge in [-0.1, -0.05) is 20.8 Å². The molecule has 3 nitrogen and oxygen atoms in total. The predicted molar refractivity (Wildman–Crippen MR) is 88.8 cm³/mol. The topological polar surface area (TPSA) is 34.0 Å². The van der Waals surface area contributed by atoms with E-state index in [1.807, 2.05) is 0 Å². The summed E-state index contributed by atoms with van der Waals surface area (Å²) >= 11 is 0. The van der Waals surface area contributed by atoms with Gasteiger partial charge in [0.05, 0.1) is 0 Å². The molecule has 1 aromatic heterocycles. The number of fused-ring (bicyclic) bond motifs is 1. The molecule has 0 atom stereocenters. The van der Waals surface area contributed by atoms with E-state index in [9.17, 15) is 4.79 Å². The van der Waals surface area contributed by atoms with Crippen LogP contribution in [0.15, 0.2) is 10.9 Å². The van der Waals surface area contributed by atoms with Crippen LogP contribution in [0.5, 0.6) is 0 Å². The lowest BCUT2D eigenvalue weighted by atomic mass is 9.94. The second kappa shape index (κ2) is 7.79. The molecule has 0 amide bonds. The molecule has 0 aromatic carbocycles. The molecule has 0 radical (unpaired) electrons. The van der Waals surface area contributed by atoms with Crippen molar-refractivity contribution in [1.29, 1.82) is 0 Å². The third kappa shape index (κ3) is 4.19. The summed E-state index contributed by atoms with van der Waals surface area (Å²) in [5.74, 6) is 0.637. The van der Waals surface area contributed by atoms with Crippen LogP contribution >= 0.6 is 0 Å². The largest absolute Gasteiger partial charge is 0.312 e. The lowest BCUT2D eigenvalue weighted by molar-refractivity contribution is 0.481. The number of nitrogens with one attached hydrogen (secondary N) is 1. The third-order valence-corrected chi connectivity index (χ3v) is 4.35. The van der Waals surface area contributed by atoms with Crippen LogP contribution in [0, 0.1) is 5.92 Å². The Labute approximate surface area is 128 Å². The smallest absolute Gasteiger partial charge is 0.255 e. The molecule has 1 aromatic rings. The Bertz CT molecular complexity index is 517. The van der Waals surface area contributed by atoms with Crippen LogP contribution in [0.2, 0.25) is 0 Å². The molecule has 0 fully saturated rings. The summed E-state index contributed by atoms with van der Waals surface area (Å²) in [5.41, 5.74) is 3.91. The fraction of sp³-hybridized carbons (Fsp3) is 0.722. The Morgan fingerprint density at radius 1 is 1.29 bits per heavy atom. The lowest BCUT2D eigenvalue weighted by Gasteiger charge is -2.23. The summed E-state index contributed by atoms with van der Waals surface area (Å²) in [6.07, 6.45) is 6.88. The summed E-state index contributed by atoms with van der Waals surface area (Å²) in [7, 11) is 0. The Balaban J connectivity index is 2.30. The molecule has 1 heterocycles. The van der Waals surface area contributed by atoms with E-state index >= 15 is 0 Å². The molecule has 1 N–H and O–H groups in total. The van der Waals surface area contributed by atoms with Gasteiger partial charge in [0.25, 0.3) is 5.56 Å². The second-order valence-corrected chi connectivity index (χ2v) is 6.66. The van der Waals surface area contributed by atoms with Gasteiger partial charge in [0.1, 0.15) is 0 Å². The number of rotatable bonds is 7. The Morgan fingerprint density at radius 3 is 2.76 bits per heavy atom. The van der Waals surface area contributed by atoms with E-state index < -0.39 is 0 Å². The number of hydrogen-bond acceptors (Lipinski definition) is 2. The quantitative estimate of drug-likeness (QED) is 0.782. The molecule has 3 heteroatoms. The number of aryl methyl sites for hydroxylation is 1. The Hall–Kier alpha value is -1.09. The van der Waals surface area contributed by atoms with Crippen molar-refractivity contribution in [3.63, 3.8) is 0 Å². The highest BCUT2D eigenvalue weighted by Gasteiger charge is 2.17. The first kappa shape index (κ1) is 16.3. The van der Waals surface area contributed by atoms with Gasteiger partial charge in [-0.05, 0) is 62.6 Å². The minimum atomic E-state index is 0.236. The monoisotopic (exact) mass is 290 g/mol. The van der Waals surface area contributed by atoms with Gasteiger partial charge >= 0.3 is 0 Å². The van der Waals surface area contributed by atoms with Crippen molar-refractivity contribution in [3.05, 3.63) is 33.2 Å². The van der Waals surface area contributed by atoms with Crippen molar-refractivity contribution in [2.75, 3.05) is 6.54 Å². The summed E-state index contributed by atoms with van der Waals surface area (Å²) in [6.45, 7) is 9.17. The fourth-order valence-corrected chi connectivity index (χ4v) is 3.09. The van der Waals surface area contributed by atoms with Crippen LogP contribution in [0.25, 0.3) is 0 Å². The van der Waals surface area contributed by atoms with Crippen LogP contribution in [0.3, 0.4) is 0 Å². The lowest BCUT2D eigenvalue weighted by Crippen LogP contribution is -2.32. The zero-order valence-corrected chi connectivity index (χ0v) is 13.9. The summed E-state index contributed by atoms with van der Waals surface area (Å²) in [5, 5.41) is 3.38. The third-order valence-electron chi connectivity index (χ3n) is 4.35. The van der Waals surface area contributed by atoms with Crippen LogP contribution in [-0.4, -0.2) is 11.1 Å². The SMILES string of the molecule is CCCNCc1cc2c(n(CCC(C)C)c1=O)CCCC2. The number of nitrogens with zero attached hydrogens (tertiary/aromatic N) is 1. The molecule has 0 aliphatic heterocycles. The highest BCUT2D eigenvalue weighted by Crippen LogP contribution is 2.21. The molecule has 21 heavy (non-hydrogen) atoms. The Morgan fingerprint density at radius 2 is 2.05 bits per heavy atom. The predicted octanol–water partition coefficient (Wildman–Crippen LogP) is 3.27. The van der Waals surface area contributed by atoms with Gasteiger partial charge in [0.15, 0.2) is 0 Å². The van der Waals surface area contributed by atoms with Crippen LogP contribution < -0.4 is 10.9 Å². The van der Waals surface area contributed by atoms with Crippen LogP contribution in [0.1, 0.15) is 63.3 Å². The van der Waals surface area contributed by atoms with Gasteiger partial charge < -0.3 is 9.88 Å². The average molecular weight is 290 g/mol. The Kier molecular flexibility index (Phi) is 6.04. The molecule has 0 unspecified atom stereocenters. The van der Waals surface area contributed by atoms with Crippen LogP contribution in [-0.2, 0) is 25.9 Å². The van der Waals surface area contributed by atoms with E-state index in [1.54, 1.807) is 0 Å². The molecule has 0 bridgehead atoms. The maximum atomic E-state index is 12.8. The maximum absolute atomic E-state index is 12.8. The molecule has 0 saturated heterocycles. The van der Waals surface area contributed by atoms with Gasteiger partial charge in [0, 0.05) is 24.3 Å². The molecule has 2 rings (SSSR count). The first-order valence-electron chi connectivity index (χ1n) is 8.58. The molecule has 0 spiro atoms. The van der Waals surface area contributed by atoms with E-state index in [1.165, 1.54) is 24.1 Å². The fourth-order valence-electron chi connectivity index (χ4n) is 3.09. The molecule has 1 aliphatic rings. The van der Waals surface area contributed by atoms with E-state index in [0.717, 1.165) is 44.3 Å². The molecule has 0 saturated carbocycles. The zero-order chi connectivity index (χ0) is 15.2. The van der Waals surface area contributed by atoms with Crippen molar-refractivity contribution in [1.82, 2.24) is 9.88 Å². The van der Waals surface area contributed by atoms with Crippen LogP contribution in [0.4, 0.5) is 0 Å². The molecular weight excluding hydrogens is 260 g/mol. The average Bonchev–Trinajstić information content (AvgIpc) is 2.47. The number of aromatic nitrogens is 1. The number of hydrogen-bond donors (Lipinski definition) is 1. The normalized spacial score (nSPS) is 14.5. The van der Waals surface area contributed by atoms with Crippen molar-refractivity contribution < 1.29 is 0 Å². The van der Waals surface area contributed by atoms with Gasteiger partial charge in [-0.3, -0.25) is 4.79 Å². The zero-order valence-electron chi connectivity index (χ0n) is 13.9. The molecule has 1 aliphatic carbocycles. The van der Waals surface area contributed by atoms with Gasteiger partial charge in [-0.2, -0.15) is 0 Å². The van der Waals surface area contributed by atoms with Gasteiger partial charge in [-0.25, -0.2) is 0 Å². The highest BCUT2D eigenvalue weighted by molar-refractivity contribution is 5.29. The summed E-state index contributed by atoms with van der Waals surface area (Å²) in [6, 6.07) is 2.17. The number of pyridine rings is 1. The van der Waals surface area contributed by atoms with Crippen molar-refractivity contribution in [2.45, 2.75) is 72.4 Å². The molecular formula is C18H30N2O. The van der Waals surface area contributed by atoms with Gasteiger partial charge in [-0.15, -0.1) is 0 Å². The minimum absolute atomic E-state index is 0.236. The van der Waals surface area contributed by atoms with E-state index in [4.69, 9.17) is 0 Å². The first-order chi connectivity index (χ1) is 10.1. The van der Waals surface area contributed by atoms with Crippen molar-refractivity contribution in [3.8, 4) is 0 Å². The highest BCUT2D eigenvalue weighted by atomic mass is 16.1. The second-order valence-electron chi connectivity index (χ2n) is 6.66. The molecule has 118 valence electrons. The van der Waals surface area contributed by atoms with E-state index in [0.29, 0.717) is 12.5 Å². The van der Waals surface area contributed by atoms with Gasteiger partial charge in [0.2, 0.25) is 0 Å². The maximum Gasteiger partial charge on any atom is 0.255 e. The van der Waals surface area contributed by atoms with Crippen molar-refractivity contribution in [2.24, 2.45) is 5.92 Å². The minimum Gasteiger partial charge on any atom is -0.312 e. The summed E-state index contributed by atoms with van der Waals surface area (Å²) in [4.78, 5) is 12.8. The van der Waals surface area contributed by atoms with E-state index in [2.05, 4.69) is 36.7 Å². The summed E-state index contributed by atoms with van der Waals surface area (Å²) < 4.78 is 2.08. The first-order valence-corrected chi connectivity index (χ1v) is 8.58. The van der Waals surface area contributed by atoms with E-state index in [-0.39, 0.29) is 5.56 Å². The standard InChI is InChI=1S/C18H30N2O/c1-4-10-19-13-16-12-15-7-5-6-8-17(15)20(18(16)21)11-9-14(2)3/h12,14,19H,4-11,13H2,1-3H3.